The van der Waals surface area contributed by atoms with E-state index in [1.165, 1.54) is 22.3 Å². The Morgan fingerprint density at radius 3 is 2.53 bits per heavy atom. The van der Waals surface area contributed by atoms with Crippen molar-refractivity contribution in [1.29, 1.82) is 0 Å². The fourth-order valence-corrected chi connectivity index (χ4v) is 5.95. The maximum atomic E-state index is 11.8. The predicted octanol–water partition coefficient (Wildman–Crippen LogP) is 2.85. The summed E-state index contributed by atoms with van der Waals surface area (Å²) < 4.78 is 35.1. The van der Waals surface area contributed by atoms with Crippen molar-refractivity contribution in [3.05, 3.63) is 76.7 Å². The Kier molecular flexibility index (Phi) is 7.80. The summed E-state index contributed by atoms with van der Waals surface area (Å²) in [6.07, 6.45) is 8.37. The van der Waals surface area contributed by atoms with Crippen molar-refractivity contribution < 1.29 is 17.9 Å². The van der Waals surface area contributed by atoms with Crippen LogP contribution in [0.3, 0.4) is 0 Å². The SMILES string of the molecule is CC.COc1ccc(CN2COC3=C(C=C(CN4CCS(=O)(=O)CC4)C4=CC=CNC43)C2)cc1. The highest BCUT2D eigenvalue weighted by atomic mass is 32.2. The van der Waals surface area contributed by atoms with E-state index in [1.54, 1.807) is 7.11 Å². The maximum Gasteiger partial charge on any atom is 0.152 e. The summed E-state index contributed by atoms with van der Waals surface area (Å²) in [5, 5.41) is 3.46. The number of hydrogen-bond donors (Lipinski definition) is 1. The quantitative estimate of drug-likeness (QED) is 0.688. The van der Waals surface area contributed by atoms with Gasteiger partial charge in [0.25, 0.3) is 0 Å². The van der Waals surface area contributed by atoms with Crippen molar-refractivity contribution >= 4 is 9.84 Å². The minimum Gasteiger partial charge on any atom is -0.497 e. The molecule has 0 amide bonds. The van der Waals surface area contributed by atoms with E-state index >= 15 is 0 Å². The van der Waals surface area contributed by atoms with E-state index in [4.69, 9.17) is 9.47 Å². The summed E-state index contributed by atoms with van der Waals surface area (Å²) in [6, 6.07) is 8.16. The van der Waals surface area contributed by atoms with Crippen LogP contribution in [0, 0.1) is 0 Å². The number of nitrogens with one attached hydrogen (secondary N) is 1. The van der Waals surface area contributed by atoms with Crippen LogP contribution in [0.25, 0.3) is 0 Å². The van der Waals surface area contributed by atoms with Crippen molar-refractivity contribution in [3.8, 4) is 5.75 Å². The third kappa shape index (κ3) is 5.56. The molecule has 0 spiro atoms. The Morgan fingerprint density at radius 2 is 1.82 bits per heavy atom. The van der Waals surface area contributed by atoms with Crippen LogP contribution >= 0.6 is 0 Å². The lowest BCUT2D eigenvalue weighted by Crippen LogP contribution is -2.45. The molecule has 0 bridgehead atoms. The van der Waals surface area contributed by atoms with Crippen LogP contribution in [0.1, 0.15) is 19.4 Å². The number of benzene rings is 1. The number of fused-ring (bicyclic) bond motifs is 2. The first-order valence-electron chi connectivity index (χ1n) is 12.0. The molecule has 7 nitrogen and oxygen atoms in total. The number of ether oxygens (including phenoxy) is 2. The molecule has 184 valence electrons. The fourth-order valence-electron chi connectivity index (χ4n) is 4.67. The van der Waals surface area contributed by atoms with E-state index in [-0.39, 0.29) is 17.5 Å². The fraction of sp³-hybridized carbons (Fsp3) is 0.462. The maximum absolute atomic E-state index is 11.8. The highest BCUT2D eigenvalue weighted by molar-refractivity contribution is 7.91. The minimum atomic E-state index is -2.88. The lowest BCUT2D eigenvalue weighted by molar-refractivity contribution is 0.0441. The van der Waals surface area contributed by atoms with Crippen LogP contribution in [0.5, 0.6) is 5.75 Å². The first-order valence-corrected chi connectivity index (χ1v) is 13.8. The predicted molar refractivity (Wildman–Crippen MR) is 135 cm³/mol. The van der Waals surface area contributed by atoms with Crippen molar-refractivity contribution in [2.45, 2.75) is 26.4 Å². The van der Waals surface area contributed by atoms with E-state index < -0.39 is 9.84 Å². The number of hydrogen-bond acceptors (Lipinski definition) is 7. The van der Waals surface area contributed by atoms with E-state index in [0.29, 0.717) is 19.8 Å². The highest BCUT2D eigenvalue weighted by Gasteiger charge is 2.34. The molecule has 1 aromatic carbocycles. The molecule has 1 saturated heterocycles. The number of nitrogens with zero attached hydrogens (tertiary/aromatic N) is 2. The minimum absolute atomic E-state index is 0.0201. The first-order chi connectivity index (χ1) is 16.5. The van der Waals surface area contributed by atoms with Crippen LogP contribution in [0.4, 0.5) is 0 Å². The Balaban J connectivity index is 0.00000133. The highest BCUT2D eigenvalue weighted by Crippen LogP contribution is 2.35. The topological polar surface area (TPSA) is 71.1 Å². The number of rotatable bonds is 5. The Morgan fingerprint density at radius 1 is 1.09 bits per heavy atom. The number of methoxy groups -OCH3 is 1. The van der Waals surface area contributed by atoms with Crippen molar-refractivity contribution in [1.82, 2.24) is 15.1 Å². The van der Waals surface area contributed by atoms with Gasteiger partial charge in [-0.1, -0.05) is 32.1 Å². The second-order valence-electron chi connectivity index (χ2n) is 8.68. The Bertz CT molecular complexity index is 1090. The molecule has 4 aliphatic rings. The molecule has 0 aromatic heterocycles. The molecule has 3 heterocycles. The van der Waals surface area contributed by atoms with E-state index in [1.807, 2.05) is 38.3 Å². The van der Waals surface area contributed by atoms with Gasteiger partial charge in [-0.3, -0.25) is 9.80 Å². The summed E-state index contributed by atoms with van der Waals surface area (Å²) in [5.74, 6) is 2.34. The largest absolute Gasteiger partial charge is 0.497 e. The van der Waals surface area contributed by atoms with Gasteiger partial charge in [0.2, 0.25) is 0 Å². The molecule has 1 N–H and O–H groups in total. The Hall–Kier alpha value is -2.55. The standard InChI is InChI=1S/C24H29N3O4S.C2H6/c1-30-21-6-4-18(5-7-21)14-27-16-20-13-19(15-26-9-11-32(28,29)12-10-26)22-3-2-8-25-23(22)24(20)31-17-27;1-2/h2-8,13,23,25H,9-12,14-17H2,1H3;1-2H3. The Labute approximate surface area is 203 Å². The normalized spacial score (nSPS) is 23.8. The van der Waals surface area contributed by atoms with E-state index in [0.717, 1.165) is 31.1 Å². The molecule has 1 fully saturated rings. The smallest absolute Gasteiger partial charge is 0.152 e. The second-order valence-corrected chi connectivity index (χ2v) is 11.0. The molecular weight excluding hydrogens is 450 g/mol. The van der Waals surface area contributed by atoms with Crippen molar-refractivity contribution in [2.24, 2.45) is 0 Å². The molecular formula is C26H35N3O4S. The summed E-state index contributed by atoms with van der Waals surface area (Å²) in [5.41, 5.74) is 4.85. The lowest BCUT2D eigenvalue weighted by atomic mass is 9.86. The summed E-state index contributed by atoms with van der Waals surface area (Å²) >= 11 is 0. The van der Waals surface area contributed by atoms with Crippen molar-refractivity contribution in [2.75, 3.05) is 51.5 Å². The molecule has 1 aromatic rings. The average Bonchev–Trinajstić information content (AvgIpc) is 2.87. The first kappa shape index (κ1) is 24.6. The number of allylic oxidation sites excluding steroid dienone is 2. The lowest BCUT2D eigenvalue weighted by Gasteiger charge is -2.39. The van der Waals surface area contributed by atoms with Crippen LogP contribution in [0.2, 0.25) is 0 Å². The molecule has 0 saturated carbocycles. The van der Waals surface area contributed by atoms with Crippen LogP contribution in [0.15, 0.2) is 71.2 Å². The zero-order valence-electron chi connectivity index (χ0n) is 20.3. The molecule has 1 aliphatic carbocycles. The monoisotopic (exact) mass is 485 g/mol. The molecule has 8 heteroatoms. The third-order valence-electron chi connectivity index (χ3n) is 6.44. The van der Waals surface area contributed by atoms with Gasteiger partial charge in [0.15, 0.2) is 9.84 Å². The molecule has 34 heavy (non-hydrogen) atoms. The van der Waals surface area contributed by atoms with Crippen LogP contribution < -0.4 is 10.1 Å². The van der Waals surface area contributed by atoms with Gasteiger partial charge in [0.05, 0.1) is 18.6 Å². The van der Waals surface area contributed by atoms with Gasteiger partial charge in [-0.2, -0.15) is 0 Å². The molecule has 1 atom stereocenters. The molecule has 5 rings (SSSR count). The molecule has 3 aliphatic heterocycles. The summed E-state index contributed by atoms with van der Waals surface area (Å²) in [7, 11) is -1.21. The number of sulfone groups is 1. The van der Waals surface area contributed by atoms with E-state index in [2.05, 4.69) is 39.4 Å². The van der Waals surface area contributed by atoms with Gasteiger partial charge in [0, 0.05) is 38.3 Å². The zero-order valence-corrected chi connectivity index (χ0v) is 21.1. The van der Waals surface area contributed by atoms with Gasteiger partial charge >= 0.3 is 0 Å². The second kappa shape index (κ2) is 10.8. The molecule has 0 radical (unpaired) electrons. The average molecular weight is 486 g/mol. The zero-order chi connectivity index (χ0) is 24.1. The summed E-state index contributed by atoms with van der Waals surface area (Å²) in [6.45, 7) is 8.10. The van der Waals surface area contributed by atoms with Gasteiger partial charge < -0.3 is 14.8 Å². The van der Waals surface area contributed by atoms with Gasteiger partial charge in [-0.15, -0.1) is 0 Å². The van der Waals surface area contributed by atoms with Gasteiger partial charge in [0.1, 0.15) is 24.3 Å². The van der Waals surface area contributed by atoms with Gasteiger partial charge in [-0.05, 0) is 47.2 Å². The van der Waals surface area contributed by atoms with Gasteiger partial charge in [-0.25, -0.2) is 8.42 Å². The summed E-state index contributed by atoms with van der Waals surface area (Å²) in [4.78, 5) is 4.53. The van der Waals surface area contributed by atoms with E-state index in [9.17, 15) is 8.42 Å². The number of dihydropyridines is 1. The third-order valence-corrected chi connectivity index (χ3v) is 8.05. The van der Waals surface area contributed by atoms with Crippen molar-refractivity contribution in [3.63, 3.8) is 0 Å². The van der Waals surface area contributed by atoms with Crippen LogP contribution in [-0.2, 0) is 21.1 Å². The molecule has 1 unspecified atom stereocenters. The van der Waals surface area contributed by atoms with Crippen LogP contribution in [-0.4, -0.2) is 75.8 Å².